The lowest BCUT2D eigenvalue weighted by atomic mass is 9.43. The molecule has 4 nitrogen and oxygen atoms in total. The summed E-state index contributed by atoms with van der Waals surface area (Å²) >= 11 is 0. The first-order valence-corrected chi connectivity index (χ1v) is 11.2. The molecule has 0 spiro atoms. The minimum absolute atomic E-state index is 0.0654. The molecular weight excluding hydrogens is 371 g/mol. The highest BCUT2D eigenvalue weighted by Crippen LogP contribution is 2.70. The molecule has 162 valence electrons. The molecule has 4 rings (SSSR count). The number of rotatable bonds is 3. The quantitative estimate of drug-likeness (QED) is 0.758. The summed E-state index contributed by atoms with van der Waals surface area (Å²) in [6.07, 6.45) is 4.40. The number of halogens is 1. The third-order valence-electron chi connectivity index (χ3n) is 9.19. The van der Waals surface area contributed by atoms with Gasteiger partial charge < -0.3 is 9.84 Å². The van der Waals surface area contributed by atoms with Crippen LogP contribution in [0, 0.1) is 22.7 Å². The maximum absolute atomic E-state index is 17.5. The van der Waals surface area contributed by atoms with Crippen molar-refractivity contribution in [1.29, 1.82) is 0 Å². The average Bonchev–Trinajstić information content (AvgIpc) is 2.89. The fourth-order valence-electron chi connectivity index (χ4n) is 7.59. The number of fused-ring (bicyclic) bond motifs is 5. The van der Waals surface area contributed by atoms with Crippen molar-refractivity contribution in [3.63, 3.8) is 0 Å². The van der Waals surface area contributed by atoms with Crippen LogP contribution >= 0.6 is 0 Å². The first kappa shape index (κ1) is 21.2. The van der Waals surface area contributed by atoms with Gasteiger partial charge in [0.25, 0.3) is 0 Å². The Bertz CT molecular complexity index is 775. The normalized spacial score (nSPS) is 49.3. The summed E-state index contributed by atoms with van der Waals surface area (Å²) in [6, 6.07) is 0. The number of Topliss-reactive ketones (excluding diaryl/α,β-unsaturated/α-hetero) is 1. The lowest BCUT2D eigenvalue weighted by Crippen LogP contribution is -2.70. The zero-order valence-electron chi connectivity index (χ0n) is 18.4. The highest BCUT2D eigenvalue weighted by molar-refractivity contribution is 5.91. The van der Waals surface area contributed by atoms with Crippen LogP contribution in [0.25, 0.3) is 0 Å². The van der Waals surface area contributed by atoms with Gasteiger partial charge in [0.1, 0.15) is 11.3 Å². The topological polar surface area (TPSA) is 63.6 Å². The van der Waals surface area contributed by atoms with Crippen molar-refractivity contribution in [3.8, 4) is 0 Å². The molecule has 0 aliphatic heterocycles. The minimum atomic E-state index is -1.60. The number of hydrogen-bond donors (Lipinski definition) is 1. The van der Waals surface area contributed by atoms with Gasteiger partial charge in [-0.2, -0.15) is 0 Å². The minimum Gasteiger partial charge on any atom is -0.382 e. The van der Waals surface area contributed by atoms with E-state index in [2.05, 4.69) is 0 Å². The molecule has 0 aromatic rings. The Labute approximate surface area is 173 Å². The molecular formula is C24H35FO4. The number of aliphatic hydroxyl groups is 1. The SMILES string of the molecule is CC(=O)C1(O)CCC2C3CCC4=CC(=O)CCC4(C)C3(F)C(OC(C)C)CC21C. The van der Waals surface area contributed by atoms with Gasteiger partial charge in [-0.1, -0.05) is 19.4 Å². The van der Waals surface area contributed by atoms with Crippen molar-refractivity contribution in [3.05, 3.63) is 11.6 Å². The molecule has 5 heteroatoms. The largest absolute Gasteiger partial charge is 0.382 e. The summed E-state index contributed by atoms with van der Waals surface area (Å²) in [4.78, 5) is 24.6. The number of allylic oxidation sites excluding steroid dienone is 1. The van der Waals surface area contributed by atoms with Crippen LogP contribution in [0.15, 0.2) is 11.6 Å². The lowest BCUT2D eigenvalue weighted by Gasteiger charge is -2.64. The van der Waals surface area contributed by atoms with Crippen molar-refractivity contribution in [1.82, 2.24) is 0 Å². The van der Waals surface area contributed by atoms with Gasteiger partial charge in [-0.3, -0.25) is 9.59 Å². The van der Waals surface area contributed by atoms with E-state index in [1.165, 1.54) is 6.92 Å². The first-order chi connectivity index (χ1) is 13.4. The smallest absolute Gasteiger partial charge is 0.161 e. The molecule has 3 saturated carbocycles. The predicted molar refractivity (Wildman–Crippen MR) is 108 cm³/mol. The summed E-state index contributed by atoms with van der Waals surface area (Å²) in [5.74, 6) is -0.477. The second-order valence-electron chi connectivity index (χ2n) is 10.7. The highest BCUT2D eigenvalue weighted by atomic mass is 19.1. The van der Waals surface area contributed by atoms with Gasteiger partial charge in [0.15, 0.2) is 11.6 Å². The zero-order valence-corrected chi connectivity index (χ0v) is 18.4. The second-order valence-corrected chi connectivity index (χ2v) is 10.7. The summed E-state index contributed by atoms with van der Waals surface area (Å²) in [6.45, 7) is 9.22. The summed E-state index contributed by atoms with van der Waals surface area (Å²) in [5, 5.41) is 11.4. The van der Waals surface area contributed by atoms with Crippen LogP contribution in [0.5, 0.6) is 0 Å². The number of ether oxygens (including phenoxy) is 1. The maximum atomic E-state index is 17.5. The van der Waals surface area contributed by atoms with Crippen LogP contribution in [0.1, 0.15) is 79.6 Å². The molecule has 0 heterocycles. The third-order valence-corrected chi connectivity index (χ3v) is 9.19. The van der Waals surface area contributed by atoms with Crippen molar-refractivity contribution in [2.45, 2.75) is 103 Å². The van der Waals surface area contributed by atoms with Crippen LogP contribution in [-0.2, 0) is 14.3 Å². The number of hydrogen-bond acceptors (Lipinski definition) is 4. The maximum Gasteiger partial charge on any atom is 0.161 e. The van der Waals surface area contributed by atoms with Crippen LogP contribution in [0.3, 0.4) is 0 Å². The van der Waals surface area contributed by atoms with E-state index in [9.17, 15) is 14.7 Å². The zero-order chi connectivity index (χ0) is 21.4. The van der Waals surface area contributed by atoms with E-state index in [0.717, 1.165) is 5.57 Å². The van der Waals surface area contributed by atoms with Crippen LogP contribution in [-0.4, -0.2) is 40.2 Å². The molecule has 0 saturated heterocycles. The van der Waals surface area contributed by atoms with Gasteiger partial charge in [0.05, 0.1) is 12.2 Å². The summed E-state index contributed by atoms with van der Waals surface area (Å²) < 4.78 is 23.7. The molecule has 4 aliphatic carbocycles. The van der Waals surface area contributed by atoms with Gasteiger partial charge in [0.2, 0.25) is 0 Å². The molecule has 0 aromatic carbocycles. The van der Waals surface area contributed by atoms with Crippen LogP contribution < -0.4 is 0 Å². The van der Waals surface area contributed by atoms with Gasteiger partial charge in [-0.15, -0.1) is 0 Å². The van der Waals surface area contributed by atoms with Gasteiger partial charge in [-0.05, 0) is 71.3 Å². The average molecular weight is 407 g/mol. The van der Waals surface area contributed by atoms with E-state index in [4.69, 9.17) is 4.74 Å². The fraction of sp³-hybridized carbons (Fsp3) is 0.833. The van der Waals surface area contributed by atoms with Crippen molar-refractivity contribution >= 4 is 11.6 Å². The highest BCUT2D eigenvalue weighted by Gasteiger charge is 2.74. The van der Waals surface area contributed by atoms with E-state index in [1.54, 1.807) is 6.08 Å². The number of ketones is 2. The van der Waals surface area contributed by atoms with E-state index in [-0.39, 0.29) is 29.5 Å². The molecule has 0 radical (unpaired) electrons. The Morgan fingerprint density at radius 1 is 1.21 bits per heavy atom. The molecule has 7 atom stereocenters. The van der Waals surface area contributed by atoms with Crippen molar-refractivity contribution in [2.24, 2.45) is 22.7 Å². The lowest BCUT2D eigenvalue weighted by molar-refractivity contribution is -0.245. The molecule has 0 aromatic heterocycles. The predicted octanol–water partition coefficient (Wildman–Crippen LogP) is 4.33. The summed E-state index contributed by atoms with van der Waals surface area (Å²) in [7, 11) is 0. The molecule has 4 aliphatic rings. The van der Waals surface area contributed by atoms with Gasteiger partial charge in [-0.25, -0.2) is 4.39 Å². The van der Waals surface area contributed by atoms with Crippen LogP contribution in [0.4, 0.5) is 4.39 Å². The van der Waals surface area contributed by atoms with E-state index in [0.29, 0.717) is 44.9 Å². The Morgan fingerprint density at radius 3 is 2.52 bits per heavy atom. The molecule has 3 fully saturated rings. The number of alkyl halides is 1. The van der Waals surface area contributed by atoms with E-state index < -0.39 is 28.2 Å². The fourth-order valence-corrected chi connectivity index (χ4v) is 7.59. The monoisotopic (exact) mass is 406 g/mol. The standard InChI is InChI=1S/C24H35FO4/c1-14(2)29-20-13-22(5)18(9-11-23(22,28)15(3)26)19-7-6-16-12-17(27)8-10-21(16,4)24(19,20)25/h12,14,18-20,28H,6-11,13H2,1-5H3. The van der Waals surface area contributed by atoms with Crippen molar-refractivity contribution < 1.29 is 23.8 Å². The van der Waals surface area contributed by atoms with E-state index in [1.807, 2.05) is 27.7 Å². The van der Waals surface area contributed by atoms with Crippen molar-refractivity contribution in [2.75, 3.05) is 0 Å². The molecule has 7 unspecified atom stereocenters. The second kappa shape index (κ2) is 6.46. The third kappa shape index (κ3) is 2.56. The van der Waals surface area contributed by atoms with E-state index >= 15 is 4.39 Å². The first-order valence-electron chi connectivity index (χ1n) is 11.2. The Hall–Kier alpha value is -1.07. The Kier molecular flexibility index (Phi) is 4.72. The molecule has 0 bridgehead atoms. The molecule has 29 heavy (non-hydrogen) atoms. The summed E-state index contributed by atoms with van der Waals surface area (Å²) in [5.41, 5.74) is -3.53. The number of carbonyl (C=O) groups is 2. The Balaban J connectivity index is 1.86. The van der Waals surface area contributed by atoms with Gasteiger partial charge >= 0.3 is 0 Å². The van der Waals surface area contributed by atoms with Gasteiger partial charge in [0, 0.05) is 23.2 Å². The Morgan fingerprint density at radius 2 is 1.90 bits per heavy atom. The van der Waals surface area contributed by atoms with Crippen LogP contribution in [0.2, 0.25) is 0 Å². The molecule has 1 N–H and O–H groups in total. The molecule has 0 amide bonds. The number of carbonyl (C=O) groups excluding carboxylic acids is 2.